The van der Waals surface area contributed by atoms with Crippen molar-refractivity contribution in [3.8, 4) is 17.6 Å². The number of aryl methyl sites for hydroxylation is 2. The Bertz CT molecular complexity index is 4100. The normalized spacial score (nSPS) is 21.5. The summed E-state index contributed by atoms with van der Waals surface area (Å²) >= 11 is 0. The molecule has 0 spiro atoms. The van der Waals surface area contributed by atoms with E-state index in [1.54, 1.807) is 49.1 Å². The SMILES string of the molecule is CC(C)[C@H](NC(=O)CCOCCOCCOCCOCCNC(=O)CCC(=O)N1Cc2ccccc2C#Cc2ccccc21)C(=O)C[C@@H](CCCNC(N)=O)C(=O)Nc1ccc(COC(=O)Nc2ccc3c(c2)[C@@]2(C)CCC[C@](C)(C(=O)NC(=O)[C@@]4(C)CCC[C@]5(C)c6cc(O)ccc6CC[C@@H]45)[C@@H]2CC3)cc1. The van der Waals surface area contributed by atoms with Crippen molar-refractivity contribution in [3.05, 3.63) is 154 Å². The standard InChI is InChI=1S/C84H106N8O15/c1-55(2)75(90-73(96)35-42-103-44-46-105-48-49-106-47-45-104-43-41-86-72(95)33-34-74(97)92-53-62-16-8-7-14-57(62)21-22-60-15-9-10-18-68(60)92)69(94)50-61(17-11-40-87-79(85)101)76(98)88-63-27-19-56(20-28-63)54-107-80(102)89-64-29-23-58-25-31-70-81(3,66(58)51-64)36-12-38-83(70,5)77(99)91-78(100)84(6)39-13-37-82(4)67-52-65(93)30-24-59(67)26-32-71(82)84/h7-10,14-16,18-20,23-24,27-30,51-52,55,61,70-71,75,93H,11-13,17,25-26,31-50,53-54H2,1-6H3,(H,86,95)(H,88,98)(H,89,102)(H,90,96)(H3,85,87,101)(H,91,99,100)/t61-,70-,71-,75+,81-,82-,83+,84+/m1/s1. The van der Waals surface area contributed by atoms with Gasteiger partial charge in [0.15, 0.2) is 5.78 Å². The van der Waals surface area contributed by atoms with Crippen molar-refractivity contribution in [2.75, 3.05) is 81.5 Å². The van der Waals surface area contributed by atoms with E-state index < -0.39 is 52.1 Å². The van der Waals surface area contributed by atoms with Crippen LogP contribution in [0, 0.1) is 46.3 Å². The van der Waals surface area contributed by atoms with Crippen molar-refractivity contribution in [2.24, 2.45) is 40.2 Å². The molecule has 0 unspecified atom stereocenters. The molecule has 4 aliphatic carbocycles. The minimum absolute atomic E-state index is 0.00715. The highest BCUT2D eigenvalue weighted by atomic mass is 16.6. The van der Waals surface area contributed by atoms with Crippen LogP contribution in [0.15, 0.2) is 109 Å². The van der Waals surface area contributed by atoms with E-state index in [1.807, 2.05) is 92.7 Å². The van der Waals surface area contributed by atoms with E-state index in [1.165, 1.54) is 5.56 Å². The number of hydrogen-bond acceptors (Lipinski definition) is 15. The molecular formula is C84H106N8O15. The molecule has 9 amide bonds. The number of hydrogen-bond donors (Lipinski definition) is 8. The number of para-hydroxylation sites is 1. The lowest BCUT2D eigenvalue weighted by molar-refractivity contribution is -0.150. The first-order valence-corrected chi connectivity index (χ1v) is 38.0. The molecule has 1 heterocycles. The number of amides is 9. The first-order valence-electron chi connectivity index (χ1n) is 38.0. The Hall–Kier alpha value is -9.47. The molecule has 9 N–H and O–H groups in total. The fraction of sp³-hybridized carbons (Fsp3) is 0.512. The molecule has 23 nitrogen and oxygen atoms in total. The largest absolute Gasteiger partial charge is 0.508 e. The van der Waals surface area contributed by atoms with Crippen LogP contribution in [-0.4, -0.2) is 130 Å². The molecule has 5 aliphatic rings. The Morgan fingerprint density at radius 1 is 0.598 bits per heavy atom. The summed E-state index contributed by atoms with van der Waals surface area (Å²) in [6, 6.07) is 31.9. The number of phenolic OH excluding ortho intramolecular Hbond substituents is 1. The van der Waals surface area contributed by atoms with Gasteiger partial charge in [-0.15, -0.1) is 0 Å². The second-order valence-electron chi connectivity index (χ2n) is 30.5. The molecule has 5 aromatic rings. The number of benzene rings is 5. The number of aromatic hydroxyl groups is 1. The number of nitrogens with two attached hydrogens (primary N) is 1. The summed E-state index contributed by atoms with van der Waals surface area (Å²) in [7, 11) is 0. The third kappa shape index (κ3) is 20.2. The van der Waals surface area contributed by atoms with Crippen LogP contribution >= 0.6 is 0 Å². The average molecular weight is 1470 g/mol. The highest BCUT2D eigenvalue weighted by Crippen LogP contribution is 2.60. The molecule has 5 aromatic carbocycles. The molecule has 0 radical (unpaired) electrons. The zero-order valence-electron chi connectivity index (χ0n) is 62.8. The van der Waals surface area contributed by atoms with Crippen molar-refractivity contribution >= 4 is 70.4 Å². The number of fused-ring (bicyclic) bond motifs is 8. The summed E-state index contributed by atoms with van der Waals surface area (Å²) in [5.41, 5.74) is 12.5. The van der Waals surface area contributed by atoms with E-state index in [4.69, 9.17) is 29.4 Å². The Kier molecular flexibility index (Phi) is 27.6. The van der Waals surface area contributed by atoms with E-state index >= 15 is 0 Å². The number of carbonyl (C=O) groups excluding carboxylic acids is 9. The number of ketones is 1. The van der Waals surface area contributed by atoms with Crippen LogP contribution in [0.3, 0.4) is 0 Å². The number of rotatable bonds is 34. The maximum absolute atomic E-state index is 14.8. The van der Waals surface area contributed by atoms with Gasteiger partial charge in [-0.1, -0.05) is 121 Å². The van der Waals surface area contributed by atoms with Crippen molar-refractivity contribution in [1.82, 2.24) is 21.3 Å². The molecule has 2 saturated carbocycles. The van der Waals surface area contributed by atoms with Crippen LogP contribution in [0.5, 0.6) is 5.75 Å². The highest BCUT2D eigenvalue weighted by Gasteiger charge is 2.59. The van der Waals surface area contributed by atoms with Gasteiger partial charge >= 0.3 is 12.1 Å². The maximum atomic E-state index is 14.8. The maximum Gasteiger partial charge on any atom is 0.411 e. The van der Waals surface area contributed by atoms with Crippen molar-refractivity contribution in [3.63, 3.8) is 0 Å². The van der Waals surface area contributed by atoms with Gasteiger partial charge in [0, 0.05) is 67.2 Å². The number of Topliss-reactive ketones (excluding diaryl/α,β-unsaturated/α-hetero) is 1. The fourth-order valence-electron chi connectivity index (χ4n) is 17.1. The number of carbonyl (C=O) groups is 9. The molecule has 0 aromatic heterocycles. The third-order valence-corrected chi connectivity index (χ3v) is 22.9. The lowest BCUT2D eigenvalue weighted by atomic mass is 9.49. The van der Waals surface area contributed by atoms with Crippen LogP contribution in [-0.2, 0) is 94.1 Å². The van der Waals surface area contributed by atoms with E-state index in [0.717, 1.165) is 90.4 Å². The Morgan fingerprint density at radius 2 is 1.18 bits per heavy atom. The van der Waals surface area contributed by atoms with Gasteiger partial charge in [0.25, 0.3) is 0 Å². The average Bonchev–Trinajstić information content (AvgIpc) is 0.722. The Balaban J connectivity index is 0.602. The van der Waals surface area contributed by atoms with E-state index in [-0.39, 0.29) is 137 Å². The van der Waals surface area contributed by atoms with E-state index in [2.05, 4.69) is 57.6 Å². The number of imide groups is 1. The van der Waals surface area contributed by atoms with Crippen molar-refractivity contribution < 1.29 is 71.9 Å². The first-order chi connectivity index (χ1) is 51.4. The Morgan fingerprint density at radius 3 is 1.82 bits per heavy atom. The summed E-state index contributed by atoms with van der Waals surface area (Å²) in [6.07, 6.45) is 7.64. The predicted molar refractivity (Wildman–Crippen MR) is 406 cm³/mol. The predicted octanol–water partition coefficient (Wildman–Crippen LogP) is 10.9. The molecule has 2 fully saturated rings. The second-order valence-corrected chi connectivity index (χ2v) is 30.5. The molecule has 572 valence electrons. The van der Waals surface area contributed by atoms with Crippen LogP contribution in [0.2, 0.25) is 0 Å². The molecule has 107 heavy (non-hydrogen) atoms. The fourth-order valence-corrected chi connectivity index (χ4v) is 17.1. The summed E-state index contributed by atoms with van der Waals surface area (Å²) in [5, 5.41) is 27.5. The van der Waals surface area contributed by atoms with Gasteiger partial charge in [-0.05, 0) is 181 Å². The monoisotopic (exact) mass is 1470 g/mol. The van der Waals surface area contributed by atoms with Gasteiger partial charge < -0.3 is 60.7 Å². The number of anilines is 3. The van der Waals surface area contributed by atoms with Gasteiger partial charge in [-0.3, -0.25) is 44.2 Å². The molecule has 1 aliphatic heterocycles. The summed E-state index contributed by atoms with van der Waals surface area (Å²) in [5.74, 6) is 3.40. The number of nitrogens with zero attached hydrogens (tertiary/aromatic N) is 1. The van der Waals surface area contributed by atoms with Gasteiger partial charge in [0.2, 0.25) is 35.4 Å². The topological polar surface area (TPSA) is 321 Å². The number of ether oxygens (including phenoxy) is 5. The van der Waals surface area contributed by atoms with Crippen LogP contribution in [0.4, 0.5) is 26.7 Å². The minimum atomic E-state index is -0.893. The van der Waals surface area contributed by atoms with Gasteiger partial charge in [-0.25, -0.2) is 9.59 Å². The summed E-state index contributed by atoms with van der Waals surface area (Å²) in [4.78, 5) is 123. The number of primary amides is 1. The molecular weight excluding hydrogens is 1360 g/mol. The molecule has 10 rings (SSSR count). The number of phenols is 1. The van der Waals surface area contributed by atoms with Gasteiger partial charge in [0.1, 0.15) is 12.4 Å². The van der Waals surface area contributed by atoms with Gasteiger partial charge in [-0.2, -0.15) is 0 Å². The van der Waals surface area contributed by atoms with E-state index in [0.29, 0.717) is 69.2 Å². The first kappa shape index (κ1) is 80.1. The second kappa shape index (κ2) is 36.9. The lowest BCUT2D eigenvalue weighted by Gasteiger charge is -2.56. The zero-order valence-corrected chi connectivity index (χ0v) is 62.8. The van der Waals surface area contributed by atoms with Crippen LogP contribution in [0.25, 0.3) is 0 Å². The van der Waals surface area contributed by atoms with Crippen molar-refractivity contribution in [1.29, 1.82) is 0 Å². The highest BCUT2D eigenvalue weighted by molar-refractivity contribution is 6.01. The number of urea groups is 1. The van der Waals surface area contributed by atoms with Crippen molar-refractivity contribution in [2.45, 2.75) is 174 Å². The zero-order chi connectivity index (χ0) is 76.3. The van der Waals surface area contributed by atoms with Crippen LogP contribution < -0.4 is 42.5 Å². The van der Waals surface area contributed by atoms with Gasteiger partial charge in [0.05, 0.1) is 82.0 Å². The Labute approximate surface area is 628 Å². The van der Waals surface area contributed by atoms with E-state index in [9.17, 15) is 48.3 Å². The molecule has 23 heteroatoms. The molecule has 0 bridgehead atoms. The summed E-state index contributed by atoms with van der Waals surface area (Å²) < 4.78 is 28.1. The lowest BCUT2D eigenvalue weighted by Crippen LogP contribution is -2.60. The smallest absolute Gasteiger partial charge is 0.411 e. The molecule has 0 saturated heterocycles. The third-order valence-electron chi connectivity index (χ3n) is 22.9. The summed E-state index contributed by atoms with van der Waals surface area (Å²) in [6.45, 7) is 14.9. The van der Waals surface area contributed by atoms with Crippen LogP contribution in [0.1, 0.15) is 176 Å². The molecule has 8 atom stereocenters. The quantitative estimate of drug-likeness (QED) is 0.0108. The minimum Gasteiger partial charge on any atom is -0.508 e. The number of nitrogens with one attached hydrogen (secondary N) is 6.